The summed E-state index contributed by atoms with van der Waals surface area (Å²) in [7, 11) is 3.89. The minimum absolute atomic E-state index is 0. The van der Waals surface area contributed by atoms with Crippen molar-refractivity contribution in [2.45, 2.75) is 38.8 Å². The summed E-state index contributed by atoms with van der Waals surface area (Å²) >= 11 is 0. The Hall–Kier alpha value is -0.900. The van der Waals surface area contributed by atoms with Crippen LogP contribution in [0.3, 0.4) is 0 Å². The summed E-state index contributed by atoms with van der Waals surface area (Å²) in [6, 6.07) is 11.3. The molecule has 1 unspecified atom stereocenters. The number of likely N-dealkylation sites (N-methyl/N-ethyl adjacent to an activating group) is 1. The predicted molar refractivity (Wildman–Crippen MR) is 133 cm³/mol. The van der Waals surface area contributed by atoms with E-state index < -0.39 is 0 Å². The normalized spacial score (nSPS) is 17.4. The highest BCUT2D eigenvalue weighted by molar-refractivity contribution is 14.0. The fraction of sp³-hybridized carbons (Fsp3) is 0.682. The van der Waals surface area contributed by atoms with Crippen molar-refractivity contribution < 1.29 is 4.74 Å². The Morgan fingerprint density at radius 1 is 1.24 bits per heavy atom. The number of hydrogen-bond donors (Lipinski definition) is 2. The summed E-state index contributed by atoms with van der Waals surface area (Å²) in [6.07, 6.45) is 3.60. The van der Waals surface area contributed by atoms with Gasteiger partial charge in [0.15, 0.2) is 5.96 Å². The minimum atomic E-state index is 0. The highest BCUT2D eigenvalue weighted by Crippen LogP contribution is 2.20. The Bertz CT molecular complexity index is 557. The van der Waals surface area contributed by atoms with Gasteiger partial charge in [0, 0.05) is 39.3 Å². The first kappa shape index (κ1) is 26.1. The lowest BCUT2D eigenvalue weighted by Gasteiger charge is -2.23. The monoisotopic (exact) mass is 517 g/mol. The molecule has 1 saturated heterocycles. The molecule has 6 nitrogen and oxygen atoms in total. The van der Waals surface area contributed by atoms with E-state index >= 15 is 0 Å². The maximum Gasteiger partial charge on any atom is 0.191 e. The number of guanidine groups is 1. The molecule has 2 N–H and O–H groups in total. The second kappa shape index (κ2) is 15.9. The number of ether oxygens (including phenoxy) is 1. The number of nitrogens with one attached hydrogen (secondary N) is 2. The number of benzene rings is 1. The van der Waals surface area contributed by atoms with E-state index in [0.717, 1.165) is 58.3 Å². The van der Waals surface area contributed by atoms with Gasteiger partial charge in [0.1, 0.15) is 0 Å². The van der Waals surface area contributed by atoms with Crippen molar-refractivity contribution in [1.82, 2.24) is 20.4 Å². The molecule has 0 radical (unpaired) electrons. The second-order valence-corrected chi connectivity index (χ2v) is 7.55. The smallest absolute Gasteiger partial charge is 0.191 e. The first-order valence-corrected chi connectivity index (χ1v) is 10.7. The van der Waals surface area contributed by atoms with Gasteiger partial charge in [0.2, 0.25) is 0 Å². The SMILES string of the molecule is CCNC(=NCC1CCCN1Cc1ccccc1)NCCCN(C)CCOC.I. The number of rotatable bonds is 12. The highest BCUT2D eigenvalue weighted by Gasteiger charge is 2.24. The zero-order valence-corrected chi connectivity index (χ0v) is 20.7. The third-order valence-corrected chi connectivity index (χ3v) is 5.22. The van der Waals surface area contributed by atoms with E-state index in [2.05, 4.69) is 64.7 Å². The van der Waals surface area contributed by atoms with Gasteiger partial charge in [-0.05, 0) is 51.9 Å². The number of aliphatic imine (C=N–C) groups is 1. The van der Waals surface area contributed by atoms with Crippen LogP contribution >= 0.6 is 24.0 Å². The van der Waals surface area contributed by atoms with E-state index in [1.807, 2.05) is 0 Å². The summed E-state index contributed by atoms with van der Waals surface area (Å²) < 4.78 is 5.13. The largest absolute Gasteiger partial charge is 0.383 e. The van der Waals surface area contributed by atoms with Crippen LogP contribution in [0.15, 0.2) is 35.3 Å². The van der Waals surface area contributed by atoms with E-state index in [-0.39, 0.29) is 24.0 Å². The topological polar surface area (TPSA) is 52.1 Å². The molecule has 0 aliphatic carbocycles. The van der Waals surface area contributed by atoms with E-state index in [4.69, 9.17) is 9.73 Å². The maximum atomic E-state index is 5.13. The molecule has 0 bridgehead atoms. The number of hydrogen-bond acceptors (Lipinski definition) is 4. The van der Waals surface area contributed by atoms with Crippen molar-refractivity contribution in [2.75, 3.05) is 60.0 Å². The molecule has 1 aliphatic rings. The third-order valence-electron chi connectivity index (χ3n) is 5.22. The van der Waals surface area contributed by atoms with Gasteiger partial charge < -0.3 is 20.3 Å². The fourth-order valence-electron chi connectivity index (χ4n) is 3.58. The van der Waals surface area contributed by atoms with Crippen molar-refractivity contribution in [3.8, 4) is 0 Å². The Labute approximate surface area is 194 Å². The molecule has 1 aliphatic heterocycles. The van der Waals surface area contributed by atoms with Crippen molar-refractivity contribution in [1.29, 1.82) is 0 Å². The van der Waals surface area contributed by atoms with Crippen LogP contribution in [0, 0.1) is 0 Å². The lowest BCUT2D eigenvalue weighted by Crippen LogP contribution is -2.40. The molecule has 166 valence electrons. The molecule has 0 saturated carbocycles. The molecule has 7 heteroatoms. The van der Waals surface area contributed by atoms with E-state index in [1.165, 1.54) is 24.9 Å². The van der Waals surface area contributed by atoms with Gasteiger partial charge in [-0.15, -0.1) is 24.0 Å². The van der Waals surface area contributed by atoms with Gasteiger partial charge >= 0.3 is 0 Å². The van der Waals surface area contributed by atoms with Crippen LogP contribution in [0.25, 0.3) is 0 Å². The van der Waals surface area contributed by atoms with Gasteiger partial charge in [-0.25, -0.2) is 0 Å². The van der Waals surface area contributed by atoms with Crippen LogP contribution in [0.1, 0.15) is 31.7 Å². The van der Waals surface area contributed by atoms with Crippen LogP contribution in [-0.2, 0) is 11.3 Å². The maximum absolute atomic E-state index is 5.13. The molecule has 29 heavy (non-hydrogen) atoms. The van der Waals surface area contributed by atoms with Crippen LogP contribution < -0.4 is 10.6 Å². The standard InChI is InChI=1S/C22H39N5O.HI/c1-4-23-22(24-13-9-14-26(2)16-17-28-3)25-18-21-12-8-15-27(21)19-20-10-6-5-7-11-20;/h5-7,10-11,21H,4,8-9,12-19H2,1-3H3,(H2,23,24,25);1H. The zero-order chi connectivity index (χ0) is 20.0. The highest BCUT2D eigenvalue weighted by atomic mass is 127. The number of methoxy groups -OCH3 is 1. The van der Waals surface area contributed by atoms with Gasteiger partial charge in [-0.1, -0.05) is 30.3 Å². The first-order valence-electron chi connectivity index (χ1n) is 10.7. The Kier molecular flexibility index (Phi) is 14.3. The Morgan fingerprint density at radius 3 is 2.76 bits per heavy atom. The lowest BCUT2D eigenvalue weighted by molar-refractivity contribution is 0.161. The van der Waals surface area contributed by atoms with Crippen molar-refractivity contribution in [2.24, 2.45) is 4.99 Å². The Balaban J connectivity index is 0.00000420. The van der Waals surface area contributed by atoms with Gasteiger partial charge in [-0.3, -0.25) is 9.89 Å². The van der Waals surface area contributed by atoms with E-state index in [9.17, 15) is 0 Å². The van der Waals surface area contributed by atoms with Gasteiger partial charge in [-0.2, -0.15) is 0 Å². The molecule has 2 rings (SSSR count). The molecule has 0 aromatic heterocycles. The molecule has 0 amide bonds. The number of nitrogens with zero attached hydrogens (tertiary/aromatic N) is 3. The van der Waals surface area contributed by atoms with Crippen LogP contribution in [0.2, 0.25) is 0 Å². The van der Waals surface area contributed by atoms with Crippen LogP contribution in [-0.4, -0.2) is 81.8 Å². The molecular weight excluding hydrogens is 477 g/mol. The van der Waals surface area contributed by atoms with Crippen molar-refractivity contribution in [3.05, 3.63) is 35.9 Å². The summed E-state index contributed by atoms with van der Waals surface area (Å²) in [5, 5.41) is 6.86. The van der Waals surface area contributed by atoms with E-state index in [0.29, 0.717) is 6.04 Å². The minimum Gasteiger partial charge on any atom is -0.383 e. The lowest BCUT2D eigenvalue weighted by atomic mass is 10.2. The predicted octanol–water partition coefficient (Wildman–Crippen LogP) is 2.79. The quantitative estimate of drug-likeness (QED) is 0.193. The van der Waals surface area contributed by atoms with Crippen molar-refractivity contribution in [3.63, 3.8) is 0 Å². The first-order chi connectivity index (χ1) is 13.7. The Morgan fingerprint density at radius 2 is 2.03 bits per heavy atom. The summed E-state index contributed by atoms with van der Waals surface area (Å²) in [5.41, 5.74) is 1.39. The molecular formula is C22H40IN5O. The zero-order valence-electron chi connectivity index (χ0n) is 18.4. The van der Waals surface area contributed by atoms with E-state index in [1.54, 1.807) is 7.11 Å². The summed E-state index contributed by atoms with van der Waals surface area (Å²) in [5.74, 6) is 0.939. The summed E-state index contributed by atoms with van der Waals surface area (Å²) in [6.45, 7) is 9.82. The molecule has 1 fully saturated rings. The average molecular weight is 518 g/mol. The second-order valence-electron chi connectivity index (χ2n) is 7.55. The van der Waals surface area contributed by atoms with Gasteiger partial charge in [0.05, 0.1) is 13.2 Å². The average Bonchev–Trinajstić information content (AvgIpc) is 3.15. The fourth-order valence-corrected chi connectivity index (χ4v) is 3.58. The third kappa shape index (κ3) is 10.6. The number of halogens is 1. The molecule has 1 aromatic rings. The molecule has 1 aromatic carbocycles. The van der Waals surface area contributed by atoms with Gasteiger partial charge in [0.25, 0.3) is 0 Å². The van der Waals surface area contributed by atoms with Crippen LogP contribution in [0.5, 0.6) is 0 Å². The molecule has 1 atom stereocenters. The van der Waals surface area contributed by atoms with Crippen molar-refractivity contribution >= 4 is 29.9 Å². The molecule has 0 spiro atoms. The van der Waals surface area contributed by atoms with Crippen LogP contribution in [0.4, 0.5) is 0 Å². The molecule has 1 heterocycles. The number of likely N-dealkylation sites (tertiary alicyclic amines) is 1. The summed E-state index contributed by atoms with van der Waals surface area (Å²) in [4.78, 5) is 9.75.